The van der Waals surface area contributed by atoms with Gasteiger partial charge >= 0.3 is 0 Å². The number of ether oxygens (including phenoxy) is 1. The zero-order chi connectivity index (χ0) is 10.7. The zero-order valence-electron chi connectivity index (χ0n) is 9.03. The predicted octanol–water partition coefficient (Wildman–Crippen LogP) is 0.987. The second kappa shape index (κ2) is 4.28. The molecule has 5 heteroatoms. The van der Waals surface area contributed by atoms with Gasteiger partial charge in [0.25, 0.3) is 0 Å². The van der Waals surface area contributed by atoms with Gasteiger partial charge in [0, 0.05) is 19.6 Å². The Morgan fingerprint density at radius 1 is 1.40 bits per heavy atom. The number of nitrogens with two attached hydrogens (primary N) is 1. The summed E-state index contributed by atoms with van der Waals surface area (Å²) < 4.78 is 10.5. The summed E-state index contributed by atoms with van der Waals surface area (Å²) in [7, 11) is 0. The molecule has 0 bridgehead atoms. The summed E-state index contributed by atoms with van der Waals surface area (Å²) in [6.07, 6.45) is 3.32. The van der Waals surface area contributed by atoms with Crippen molar-refractivity contribution in [2.45, 2.75) is 38.1 Å². The van der Waals surface area contributed by atoms with Crippen molar-refractivity contribution < 1.29 is 9.26 Å². The minimum Gasteiger partial charge on any atom is -0.381 e. The molecule has 0 amide bonds. The molecule has 1 aromatic heterocycles. The van der Waals surface area contributed by atoms with E-state index in [4.69, 9.17) is 15.0 Å². The Kier molecular flexibility index (Phi) is 3.02. The maximum absolute atomic E-state index is 6.28. The van der Waals surface area contributed by atoms with Crippen LogP contribution in [0.15, 0.2) is 4.52 Å². The highest BCUT2D eigenvalue weighted by Gasteiger charge is 2.33. The molecule has 1 aliphatic heterocycles. The van der Waals surface area contributed by atoms with Gasteiger partial charge in [0.05, 0.1) is 5.54 Å². The highest BCUT2D eigenvalue weighted by atomic mass is 16.5. The molecule has 2 rings (SSSR count). The third-order valence-electron chi connectivity index (χ3n) is 2.82. The molecule has 1 aromatic rings. The van der Waals surface area contributed by atoms with Gasteiger partial charge in [-0.15, -0.1) is 0 Å². The van der Waals surface area contributed by atoms with Crippen molar-refractivity contribution in [3.63, 3.8) is 0 Å². The normalized spacial score (nSPS) is 27.6. The van der Waals surface area contributed by atoms with Crippen LogP contribution in [0.1, 0.15) is 37.9 Å². The van der Waals surface area contributed by atoms with Crippen molar-refractivity contribution in [2.75, 3.05) is 13.2 Å². The van der Waals surface area contributed by atoms with Crippen molar-refractivity contribution in [1.82, 2.24) is 10.1 Å². The number of aromatic nitrogens is 2. The molecule has 15 heavy (non-hydrogen) atoms. The third kappa shape index (κ3) is 2.18. The Balaban J connectivity index is 2.18. The minimum atomic E-state index is -0.465. The van der Waals surface area contributed by atoms with Gasteiger partial charge in [-0.05, 0) is 19.3 Å². The van der Waals surface area contributed by atoms with Crippen LogP contribution in [0.3, 0.4) is 0 Å². The molecule has 1 aliphatic rings. The largest absolute Gasteiger partial charge is 0.381 e. The zero-order valence-corrected chi connectivity index (χ0v) is 9.03. The summed E-state index contributed by atoms with van der Waals surface area (Å²) in [5, 5.41) is 3.96. The standard InChI is InChI=1S/C10H17N3O2/c1-2-8-12-9(13-15-8)10(11)4-3-6-14-7-5-10/h2-7,11H2,1H3. The van der Waals surface area contributed by atoms with E-state index in [0.717, 1.165) is 32.3 Å². The average molecular weight is 211 g/mol. The Bertz CT molecular complexity index is 316. The van der Waals surface area contributed by atoms with Crippen molar-refractivity contribution >= 4 is 0 Å². The van der Waals surface area contributed by atoms with Gasteiger partial charge in [-0.2, -0.15) is 4.98 Å². The van der Waals surface area contributed by atoms with Crippen LogP contribution in [0.4, 0.5) is 0 Å². The van der Waals surface area contributed by atoms with Crippen molar-refractivity contribution in [3.8, 4) is 0 Å². The molecule has 1 unspecified atom stereocenters. The van der Waals surface area contributed by atoms with Crippen LogP contribution in [0.5, 0.6) is 0 Å². The average Bonchev–Trinajstić information content (AvgIpc) is 2.63. The van der Waals surface area contributed by atoms with Crippen LogP contribution in [0, 0.1) is 0 Å². The van der Waals surface area contributed by atoms with Gasteiger partial charge in [0.1, 0.15) is 0 Å². The monoisotopic (exact) mass is 211 g/mol. The molecule has 1 atom stereocenters. The summed E-state index contributed by atoms with van der Waals surface area (Å²) in [5.41, 5.74) is 5.82. The minimum absolute atomic E-state index is 0.465. The molecule has 1 saturated heterocycles. The van der Waals surface area contributed by atoms with E-state index in [1.165, 1.54) is 0 Å². The van der Waals surface area contributed by atoms with Crippen molar-refractivity contribution in [3.05, 3.63) is 11.7 Å². The Hall–Kier alpha value is -0.940. The Morgan fingerprint density at radius 3 is 3.00 bits per heavy atom. The SMILES string of the molecule is CCc1nc(C2(N)CCCOCC2)no1. The summed E-state index contributed by atoms with van der Waals surface area (Å²) >= 11 is 0. The highest BCUT2D eigenvalue weighted by molar-refractivity contribution is 5.04. The molecule has 0 spiro atoms. The molecule has 5 nitrogen and oxygen atoms in total. The summed E-state index contributed by atoms with van der Waals surface area (Å²) in [5.74, 6) is 1.28. The van der Waals surface area contributed by atoms with Crippen LogP contribution in [-0.4, -0.2) is 23.4 Å². The van der Waals surface area contributed by atoms with Gasteiger partial charge in [-0.3, -0.25) is 0 Å². The van der Waals surface area contributed by atoms with Gasteiger partial charge in [0.15, 0.2) is 5.82 Å². The van der Waals surface area contributed by atoms with E-state index in [-0.39, 0.29) is 0 Å². The number of hydrogen-bond acceptors (Lipinski definition) is 5. The molecule has 2 N–H and O–H groups in total. The van der Waals surface area contributed by atoms with Gasteiger partial charge in [-0.1, -0.05) is 12.1 Å². The van der Waals surface area contributed by atoms with Crippen LogP contribution >= 0.6 is 0 Å². The van der Waals surface area contributed by atoms with E-state index in [1.54, 1.807) is 0 Å². The number of nitrogens with zero attached hydrogens (tertiary/aromatic N) is 2. The van der Waals surface area contributed by atoms with E-state index < -0.39 is 5.54 Å². The van der Waals surface area contributed by atoms with E-state index in [1.807, 2.05) is 6.92 Å². The topological polar surface area (TPSA) is 74.2 Å². The third-order valence-corrected chi connectivity index (χ3v) is 2.82. The molecule has 0 aliphatic carbocycles. The van der Waals surface area contributed by atoms with E-state index >= 15 is 0 Å². The summed E-state index contributed by atoms with van der Waals surface area (Å²) in [6, 6.07) is 0. The lowest BCUT2D eigenvalue weighted by Crippen LogP contribution is -2.38. The molecule has 84 valence electrons. The smallest absolute Gasteiger partial charge is 0.226 e. The number of aryl methyl sites for hydroxylation is 1. The first-order valence-electron chi connectivity index (χ1n) is 5.44. The fraction of sp³-hybridized carbons (Fsp3) is 0.800. The maximum Gasteiger partial charge on any atom is 0.226 e. The first-order valence-corrected chi connectivity index (χ1v) is 5.44. The van der Waals surface area contributed by atoms with Crippen LogP contribution in [0.2, 0.25) is 0 Å². The molecule has 2 heterocycles. The molecular formula is C10H17N3O2. The fourth-order valence-electron chi connectivity index (χ4n) is 1.80. The maximum atomic E-state index is 6.28. The molecule has 0 radical (unpaired) electrons. The lowest BCUT2D eigenvalue weighted by Gasteiger charge is -2.22. The van der Waals surface area contributed by atoms with Crippen molar-refractivity contribution in [2.24, 2.45) is 5.73 Å². The molecule has 0 saturated carbocycles. The summed E-state index contributed by atoms with van der Waals surface area (Å²) in [4.78, 5) is 4.31. The fourth-order valence-corrected chi connectivity index (χ4v) is 1.80. The second-order valence-electron chi connectivity index (χ2n) is 3.99. The lowest BCUT2D eigenvalue weighted by molar-refractivity contribution is 0.139. The van der Waals surface area contributed by atoms with E-state index in [9.17, 15) is 0 Å². The Morgan fingerprint density at radius 2 is 2.27 bits per heavy atom. The number of rotatable bonds is 2. The van der Waals surface area contributed by atoms with Gasteiger partial charge in [-0.25, -0.2) is 0 Å². The first kappa shape index (κ1) is 10.6. The quantitative estimate of drug-likeness (QED) is 0.789. The Labute approximate surface area is 89.0 Å². The van der Waals surface area contributed by atoms with Crippen molar-refractivity contribution in [1.29, 1.82) is 0 Å². The molecule has 1 fully saturated rings. The first-order chi connectivity index (χ1) is 7.24. The van der Waals surface area contributed by atoms with E-state index in [0.29, 0.717) is 18.3 Å². The molecular weight excluding hydrogens is 194 g/mol. The predicted molar refractivity (Wildman–Crippen MR) is 54.2 cm³/mol. The number of hydrogen-bond donors (Lipinski definition) is 1. The van der Waals surface area contributed by atoms with Crippen LogP contribution < -0.4 is 5.73 Å². The lowest BCUT2D eigenvalue weighted by atomic mass is 9.91. The molecule has 0 aromatic carbocycles. The van der Waals surface area contributed by atoms with Gasteiger partial charge in [0.2, 0.25) is 5.89 Å². The summed E-state index contributed by atoms with van der Waals surface area (Å²) in [6.45, 7) is 3.43. The van der Waals surface area contributed by atoms with Crippen LogP contribution in [-0.2, 0) is 16.7 Å². The van der Waals surface area contributed by atoms with Gasteiger partial charge < -0.3 is 15.0 Å². The van der Waals surface area contributed by atoms with Crippen LogP contribution in [0.25, 0.3) is 0 Å². The highest BCUT2D eigenvalue weighted by Crippen LogP contribution is 2.27. The second-order valence-corrected chi connectivity index (χ2v) is 3.99. The van der Waals surface area contributed by atoms with E-state index in [2.05, 4.69) is 10.1 Å².